The summed E-state index contributed by atoms with van der Waals surface area (Å²) >= 11 is 1.63. The lowest BCUT2D eigenvalue weighted by Gasteiger charge is -2.32. The average molecular weight is 370 g/mol. The van der Waals surface area contributed by atoms with Crippen LogP contribution in [0.5, 0.6) is 0 Å². The minimum absolute atomic E-state index is 0.113. The van der Waals surface area contributed by atoms with E-state index in [4.69, 9.17) is 5.11 Å². The van der Waals surface area contributed by atoms with Crippen LogP contribution in [0.4, 0.5) is 5.69 Å². The number of hydrogen-bond acceptors (Lipinski definition) is 5. The minimum atomic E-state index is -3.52. The summed E-state index contributed by atoms with van der Waals surface area (Å²) in [7, 11) is -3.52. The highest BCUT2D eigenvalue weighted by Gasteiger charge is 2.30. The summed E-state index contributed by atoms with van der Waals surface area (Å²) in [5.41, 5.74) is 0.708. The molecule has 1 fully saturated rings. The van der Waals surface area contributed by atoms with E-state index in [0.717, 1.165) is 23.5 Å². The van der Waals surface area contributed by atoms with Gasteiger partial charge in [0.1, 0.15) is 6.54 Å². The molecule has 0 aliphatic carbocycles. The fourth-order valence-corrected chi connectivity index (χ4v) is 5.64. The molecule has 3 rings (SSSR count). The molecule has 24 heavy (non-hydrogen) atoms. The van der Waals surface area contributed by atoms with Gasteiger partial charge in [-0.05, 0) is 37.0 Å². The van der Waals surface area contributed by atoms with Crippen LogP contribution in [0.15, 0.2) is 28.0 Å². The summed E-state index contributed by atoms with van der Waals surface area (Å²) in [6.07, 6.45) is 1.76. The van der Waals surface area contributed by atoms with Gasteiger partial charge in [-0.2, -0.15) is 4.31 Å². The van der Waals surface area contributed by atoms with Crippen molar-refractivity contribution in [3.05, 3.63) is 18.2 Å². The second-order valence-corrected chi connectivity index (χ2v) is 9.45. The van der Waals surface area contributed by atoms with Crippen LogP contribution < -0.4 is 4.90 Å². The first-order valence-electron chi connectivity index (χ1n) is 8.11. The zero-order chi connectivity index (χ0) is 17.3. The molecule has 0 atom stereocenters. The average Bonchev–Trinajstić information content (AvgIpc) is 2.54. The second kappa shape index (κ2) is 6.93. The lowest BCUT2D eigenvalue weighted by atomic mass is 10.0. The van der Waals surface area contributed by atoms with E-state index in [1.165, 1.54) is 0 Å². The van der Waals surface area contributed by atoms with E-state index in [-0.39, 0.29) is 11.4 Å². The van der Waals surface area contributed by atoms with Crippen LogP contribution >= 0.6 is 11.8 Å². The molecule has 132 valence electrons. The van der Waals surface area contributed by atoms with Crippen molar-refractivity contribution in [3.63, 3.8) is 0 Å². The number of sulfonamides is 1. The van der Waals surface area contributed by atoms with Gasteiger partial charge in [-0.1, -0.05) is 6.92 Å². The maximum atomic E-state index is 12.9. The van der Waals surface area contributed by atoms with E-state index in [0.29, 0.717) is 31.2 Å². The molecule has 0 unspecified atom stereocenters. The van der Waals surface area contributed by atoms with E-state index in [1.54, 1.807) is 39.2 Å². The summed E-state index contributed by atoms with van der Waals surface area (Å²) in [5, 5.41) is 9.07. The number of benzene rings is 1. The van der Waals surface area contributed by atoms with E-state index < -0.39 is 16.0 Å². The lowest BCUT2D eigenvalue weighted by molar-refractivity contribution is -0.135. The molecule has 8 heteroatoms. The quantitative estimate of drug-likeness (QED) is 0.875. The monoisotopic (exact) mass is 370 g/mol. The van der Waals surface area contributed by atoms with Crippen molar-refractivity contribution < 1.29 is 18.3 Å². The fraction of sp³-hybridized carbons (Fsp3) is 0.562. The van der Waals surface area contributed by atoms with Crippen LogP contribution in [0.1, 0.15) is 19.8 Å². The molecule has 1 N–H and O–H groups in total. The molecule has 1 saturated heterocycles. The molecular formula is C16H22N2O4S2. The van der Waals surface area contributed by atoms with Crippen molar-refractivity contribution in [1.82, 2.24) is 4.31 Å². The number of anilines is 1. The van der Waals surface area contributed by atoms with E-state index in [1.807, 2.05) is 0 Å². The summed E-state index contributed by atoms with van der Waals surface area (Å²) in [4.78, 5) is 14.0. The van der Waals surface area contributed by atoms with Gasteiger partial charge >= 0.3 is 5.97 Å². The fourth-order valence-electron chi connectivity index (χ4n) is 3.11. The number of carboxylic acid groups (broad SMARTS) is 1. The van der Waals surface area contributed by atoms with Gasteiger partial charge < -0.3 is 10.0 Å². The van der Waals surface area contributed by atoms with Crippen molar-refractivity contribution in [1.29, 1.82) is 0 Å². The Labute approximate surface area is 146 Å². The molecule has 2 aliphatic rings. The van der Waals surface area contributed by atoms with Crippen LogP contribution in [-0.4, -0.2) is 55.7 Å². The summed E-state index contributed by atoms with van der Waals surface area (Å²) in [5.74, 6) is 0.449. The van der Waals surface area contributed by atoms with Gasteiger partial charge in [-0.3, -0.25) is 4.79 Å². The Morgan fingerprint density at radius 3 is 2.67 bits per heavy atom. The highest BCUT2D eigenvalue weighted by Crippen LogP contribution is 2.37. The van der Waals surface area contributed by atoms with Crippen molar-refractivity contribution in [2.24, 2.45) is 5.92 Å². The standard InChI is InChI=1S/C16H22N2O4S2/c1-12-4-6-18(7-5-12)24(21,22)13-2-3-15-14(10-13)17(8-9-23-15)11-16(19)20/h2-3,10,12H,4-9,11H2,1H3,(H,19,20). The van der Waals surface area contributed by atoms with E-state index in [2.05, 4.69) is 6.92 Å². The number of nitrogens with zero attached hydrogens (tertiary/aromatic N) is 2. The van der Waals surface area contributed by atoms with Crippen molar-refractivity contribution in [2.75, 3.05) is 36.8 Å². The SMILES string of the molecule is CC1CCN(S(=O)(=O)c2ccc3c(c2)N(CC(=O)O)CCS3)CC1. The molecular weight excluding hydrogens is 348 g/mol. The molecule has 0 bridgehead atoms. The Kier molecular flexibility index (Phi) is 5.08. The highest BCUT2D eigenvalue weighted by atomic mass is 32.2. The van der Waals surface area contributed by atoms with Gasteiger partial charge in [-0.25, -0.2) is 8.42 Å². The molecule has 0 saturated carbocycles. The zero-order valence-electron chi connectivity index (χ0n) is 13.6. The number of carbonyl (C=O) groups is 1. The molecule has 6 nitrogen and oxygen atoms in total. The van der Waals surface area contributed by atoms with Crippen molar-refractivity contribution in [3.8, 4) is 0 Å². The molecule has 0 aromatic heterocycles. The zero-order valence-corrected chi connectivity index (χ0v) is 15.3. The molecule has 1 aromatic rings. The summed E-state index contributed by atoms with van der Waals surface area (Å²) in [6.45, 7) is 3.74. The number of aliphatic carboxylic acids is 1. The Morgan fingerprint density at radius 1 is 1.29 bits per heavy atom. The van der Waals surface area contributed by atoms with Gasteiger partial charge in [0.25, 0.3) is 0 Å². The van der Waals surface area contributed by atoms with Gasteiger partial charge in [0, 0.05) is 30.3 Å². The van der Waals surface area contributed by atoms with Crippen LogP contribution in [0.3, 0.4) is 0 Å². The number of rotatable bonds is 4. The number of fused-ring (bicyclic) bond motifs is 1. The number of piperidine rings is 1. The topological polar surface area (TPSA) is 77.9 Å². The molecule has 0 amide bonds. The number of thioether (sulfide) groups is 1. The molecule has 0 spiro atoms. The first kappa shape index (κ1) is 17.6. The third kappa shape index (κ3) is 3.55. The molecule has 0 radical (unpaired) electrons. The smallest absolute Gasteiger partial charge is 0.323 e. The lowest BCUT2D eigenvalue weighted by Crippen LogP contribution is -2.38. The van der Waals surface area contributed by atoms with E-state index >= 15 is 0 Å². The Morgan fingerprint density at radius 2 is 2.00 bits per heavy atom. The first-order chi connectivity index (χ1) is 11.4. The second-order valence-electron chi connectivity index (χ2n) is 6.38. The molecule has 2 aliphatic heterocycles. The van der Waals surface area contributed by atoms with Crippen LogP contribution in [-0.2, 0) is 14.8 Å². The third-order valence-corrected chi connectivity index (χ3v) is 7.53. The Balaban J connectivity index is 1.90. The summed E-state index contributed by atoms with van der Waals surface area (Å²) in [6, 6.07) is 5.08. The number of hydrogen-bond donors (Lipinski definition) is 1. The Hall–Kier alpha value is -1.25. The highest BCUT2D eigenvalue weighted by molar-refractivity contribution is 7.99. The van der Waals surface area contributed by atoms with Crippen LogP contribution in [0, 0.1) is 5.92 Å². The summed E-state index contributed by atoms with van der Waals surface area (Å²) < 4.78 is 27.3. The minimum Gasteiger partial charge on any atom is -0.480 e. The van der Waals surface area contributed by atoms with Crippen molar-refractivity contribution in [2.45, 2.75) is 29.6 Å². The maximum Gasteiger partial charge on any atom is 0.323 e. The first-order valence-corrected chi connectivity index (χ1v) is 10.5. The Bertz CT molecular complexity index is 728. The van der Waals surface area contributed by atoms with Gasteiger partial charge in [0.15, 0.2) is 0 Å². The van der Waals surface area contributed by atoms with Crippen LogP contribution in [0.2, 0.25) is 0 Å². The van der Waals surface area contributed by atoms with Gasteiger partial charge in [-0.15, -0.1) is 11.8 Å². The van der Waals surface area contributed by atoms with Gasteiger partial charge in [0.2, 0.25) is 10.0 Å². The van der Waals surface area contributed by atoms with E-state index in [9.17, 15) is 13.2 Å². The molecule has 1 aromatic carbocycles. The van der Waals surface area contributed by atoms with Crippen molar-refractivity contribution >= 4 is 33.4 Å². The predicted molar refractivity (Wildman–Crippen MR) is 94.2 cm³/mol. The number of carboxylic acids is 1. The molecule has 2 heterocycles. The van der Waals surface area contributed by atoms with Crippen LogP contribution in [0.25, 0.3) is 0 Å². The maximum absolute atomic E-state index is 12.9. The normalized spacial score (nSPS) is 20.0. The third-order valence-electron chi connectivity index (χ3n) is 4.60. The largest absolute Gasteiger partial charge is 0.480 e. The van der Waals surface area contributed by atoms with Gasteiger partial charge in [0.05, 0.1) is 10.6 Å². The predicted octanol–water partition coefficient (Wildman–Crippen LogP) is 2.10.